The van der Waals surface area contributed by atoms with E-state index in [1.807, 2.05) is 36.6 Å². The molecule has 6 heteroatoms. The molecule has 0 fully saturated rings. The molecule has 0 bridgehead atoms. The number of nitrogen functional groups attached to an aromatic ring is 1. The molecule has 0 spiro atoms. The molecule has 1 unspecified atom stereocenters. The average Bonchev–Trinajstić information content (AvgIpc) is 3.05. The molecule has 0 aliphatic carbocycles. The van der Waals surface area contributed by atoms with Gasteiger partial charge in [-0.05, 0) is 36.6 Å². The van der Waals surface area contributed by atoms with E-state index < -0.39 is 0 Å². The van der Waals surface area contributed by atoms with Crippen LogP contribution in [0.3, 0.4) is 0 Å². The van der Waals surface area contributed by atoms with Crippen molar-refractivity contribution in [1.82, 2.24) is 10.3 Å². The first-order valence-electron chi connectivity index (χ1n) is 6.14. The highest BCUT2D eigenvalue weighted by Gasteiger charge is 2.13. The minimum absolute atomic E-state index is 0.00438. The van der Waals surface area contributed by atoms with Crippen LogP contribution in [0.15, 0.2) is 35.7 Å². The normalized spacial score (nSPS) is 12.4. The molecule has 1 aromatic carbocycles. The monoisotopic (exact) mass is 303 g/mol. The Bertz CT molecular complexity index is 749. The van der Waals surface area contributed by atoms with Gasteiger partial charge in [-0.15, -0.1) is 11.3 Å². The zero-order valence-electron chi connectivity index (χ0n) is 10.8. The quantitative estimate of drug-likeness (QED) is 0.779. The molecule has 3 aromatic rings. The van der Waals surface area contributed by atoms with Crippen molar-refractivity contribution in [3.63, 3.8) is 0 Å². The van der Waals surface area contributed by atoms with Crippen LogP contribution in [0.25, 0.3) is 10.2 Å². The lowest BCUT2D eigenvalue weighted by Gasteiger charge is -2.12. The number of hydrogen-bond acceptors (Lipinski definition) is 5. The molecular formula is C14H13N3OS2. The van der Waals surface area contributed by atoms with Crippen LogP contribution < -0.4 is 11.1 Å². The van der Waals surface area contributed by atoms with Gasteiger partial charge in [-0.3, -0.25) is 4.79 Å². The van der Waals surface area contributed by atoms with Gasteiger partial charge in [-0.25, -0.2) is 4.98 Å². The lowest BCUT2D eigenvalue weighted by Crippen LogP contribution is -2.25. The SMILES string of the molecule is CC(NC(=O)c1ccc2nc(N)sc2c1)c1cccs1. The number of rotatable bonds is 3. The van der Waals surface area contributed by atoms with Crippen molar-refractivity contribution in [3.8, 4) is 0 Å². The first-order valence-corrected chi connectivity index (χ1v) is 7.83. The molecule has 0 aliphatic rings. The van der Waals surface area contributed by atoms with Crippen LogP contribution in [-0.4, -0.2) is 10.9 Å². The number of benzene rings is 1. The summed E-state index contributed by atoms with van der Waals surface area (Å²) in [6, 6.07) is 9.44. The molecule has 4 nitrogen and oxygen atoms in total. The van der Waals surface area contributed by atoms with E-state index >= 15 is 0 Å². The number of thiazole rings is 1. The van der Waals surface area contributed by atoms with Crippen molar-refractivity contribution < 1.29 is 4.79 Å². The van der Waals surface area contributed by atoms with Crippen LogP contribution in [0, 0.1) is 0 Å². The first-order chi connectivity index (χ1) is 9.63. The van der Waals surface area contributed by atoms with E-state index in [1.54, 1.807) is 17.4 Å². The third-order valence-electron chi connectivity index (χ3n) is 2.98. The number of thiophene rings is 1. The van der Waals surface area contributed by atoms with E-state index in [1.165, 1.54) is 11.3 Å². The number of anilines is 1. The van der Waals surface area contributed by atoms with Crippen molar-refractivity contribution in [2.24, 2.45) is 0 Å². The fraction of sp³-hybridized carbons (Fsp3) is 0.143. The van der Waals surface area contributed by atoms with Crippen molar-refractivity contribution >= 4 is 43.9 Å². The summed E-state index contributed by atoms with van der Waals surface area (Å²) in [6.07, 6.45) is 0. The molecular weight excluding hydrogens is 290 g/mol. The number of nitrogens with zero attached hydrogens (tertiary/aromatic N) is 1. The molecule has 0 radical (unpaired) electrons. The van der Waals surface area contributed by atoms with Crippen molar-refractivity contribution in [3.05, 3.63) is 46.2 Å². The lowest BCUT2D eigenvalue weighted by molar-refractivity contribution is 0.0940. The molecule has 3 rings (SSSR count). The van der Waals surface area contributed by atoms with Gasteiger partial charge in [-0.1, -0.05) is 17.4 Å². The average molecular weight is 303 g/mol. The first kappa shape index (κ1) is 13.1. The van der Waals surface area contributed by atoms with Gasteiger partial charge in [0.25, 0.3) is 5.91 Å². The van der Waals surface area contributed by atoms with Crippen molar-refractivity contribution in [2.45, 2.75) is 13.0 Å². The number of hydrogen-bond donors (Lipinski definition) is 2. The summed E-state index contributed by atoms with van der Waals surface area (Å²) in [5.74, 6) is -0.0835. The van der Waals surface area contributed by atoms with Gasteiger partial charge in [-0.2, -0.15) is 0 Å². The van der Waals surface area contributed by atoms with Crippen LogP contribution >= 0.6 is 22.7 Å². The molecule has 2 heterocycles. The van der Waals surface area contributed by atoms with E-state index in [0.29, 0.717) is 10.7 Å². The number of fused-ring (bicyclic) bond motifs is 1. The molecule has 1 atom stereocenters. The molecule has 0 saturated carbocycles. The fourth-order valence-electron chi connectivity index (χ4n) is 1.97. The summed E-state index contributed by atoms with van der Waals surface area (Å²) >= 11 is 3.02. The van der Waals surface area contributed by atoms with Gasteiger partial charge >= 0.3 is 0 Å². The zero-order chi connectivity index (χ0) is 14.1. The van der Waals surface area contributed by atoms with E-state index in [-0.39, 0.29) is 11.9 Å². The number of carbonyl (C=O) groups is 1. The van der Waals surface area contributed by atoms with E-state index in [4.69, 9.17) is 5.73 Å². The summed E-state index contributed by atoms with van der Waals surface area (Å²) in [6.45, 7) is 1.98. The fourth-order valence-corrected chi connectivity index (χ4v) is 3.48. The second-order valence-electron chi connectivity index (χ2n) is 4.45. The molecule has 20 heavy (non-hydrogen) atoms. The molecule has 0 saturated heterocycles. The molecule has 2 aromatic heterocycles. The Morgan fingerprint density at radius 2 is 2.25 bits per heavy atom. The maximum atomic E-state index is 12.2. The summed E-state index contributed by atoms with van der Waals surface area (Å²) in [4.78, 5) is 17.6. The lowest BCUT2D eigenvalue weighted by atomic mass is 10.2. The summed E-state index contributed by atoms with van der Waals surface area (Å²) in [5, 5.41) is 5.52. The summed E-state index contributed by atoms with van der Waals surface area (Å²) < 4.78 is 0.930. The van der Waals surface area contributed by atoms with Crippen LogP contribution in [0.5, 0.6) is 0 Å². The summed E-state index contributed by atoms with van der Waals surface area (Å²) in [5.41, 5.74) is 7.13. The number of nitrogens with one attached hydrogen (secondary N) is 1. The van der Waals surface area contributed by atoms with E-state index in [9.17, 15) is 4.79 Å². The Morgan fingerprint density at radius 1 is 1.40 bits per heavy atom. The third kappa shape index (κ3) is 2.52. The molecule has 0 aliphatic heterocycles. The molecule has 1 amide bonds. The van der Waals surface area contributed by atoms with Crippen LogP contribution in [0.4, 0.5) is 5.13 Å². The van der Waals surface area contributed by atoms with Crippen molar-refractivity contribution in [1.29, 1.82) is 0 Å². The molecule has 3 N–H and O–H groups in total. The number of nitrogens with two attached hydrogens (primary N) is 1. The smallest absolute Gasteiger partial charge is 0.251 e. The van der Waals surface area contributed by atoms with Gasteiger partial charge in [0, 0.05) is 10.4 Å². The number of aromatic nitrogens is 1. The largest absolute Gasteiger partial charge is 0.375 e. The van der Waals surface area contributed by atoms with Crippen LogP contribution in [0.1, 0.15) is 28.2 Å². The topological polar surface area (TPSA) is 68.0 Å². The highest BCUT2D eigenvalue weighted by atomic mass is 32.1. The maximum Gasteiger partial charge on any atom is 0.251 e. The minimum Gasteiger partial charge on any atom is -0.375 e. The van der Waals surface area contributed by atoms with Crippen LogP contribution in [-0.2, 0) is 0 Å². The second-order valence-corrected chi connectivity index (χ2v) is 6.49. The maximum absolute atomic E-state index is 12.2. The van der Waals surface area contributed by atoms with E-state index in [2.05, 4.69) is 10.3 Å². The third-order valence-corrected chi connectivity index (χ3v) is 4.89. The Kier molecular flexibility index (Phi) is 3.42. The van der Waals surface area contributed by atoms with Crippen LogP contribution in [0.2, 0.25) is 0 Å². The highest BCUT2D eigenvalue weighted by molar-refractivity contribution is 7.22. The highest BCUT2D eigenvalue weighted by Crippen LogP contribution is 2.25. The van der Waals surface area contributed by atoms with Gasteiger partial charge in [0.1, 0.15) is 0 Å². The second kappa shape index (κ2) is 5.22. The Balaban J connectivity index is 1.81. The minimum atomic E-state index is -0.0835. The van der Waals surface area contributed by atoms with Gasteiger partial charge in [0.05, 0.1) is 16.3 Å². The van der Waals surface area contributed by atoms with E-state index in [0.717, 1.165) is 15.1 Å². The Hall–Kier alpha value is -1.92. The number of carbonyl (C=O) groups excluding carboxylic acids is 1. The Labute approximate surface area is 124 Å². The van der Waals surface area contributed by atoms with Gasteiger partial charge in [0.2, 0.25) is 0 Å². The van der Waals surface area contributed by atoms with Gasteiger partial charge in [0.15, 0.2) is 5.13 Å². The van der Waals surface area contributed by atoms with Crippen molar-refractivity contribution in [2.75, 3.05) is 5.73 Å². The standard InChI is InChI=1S/C14H13N3OS2/c1-8(11-3-2-6-19-11)16-13(18)9-4-5-10-12(7-9)20-14(15)17-10/h2-8H,1H3,(H2,15,17)(H,16,18). The van der Waals surface area contributed by atoms with Gasteiger partial charge < -0.3 is 11.1 Å². The predicted octanol–water partition coefficient (Wildman–Crippen LogP) is 3.43. The predicted molar refractivity (Wildman–Crippen MR) is 84.2 cm³/mol. The summed E-state index contributed by atoms with van der Waals surface area (Å²) in [7, 11) is 0. The Morgan fingerprint density at radius 3 is 3.00 bits per heavy atom. The molecule has 102 valence electrons. The number of amides is 1. The zero-order valence-corrected chi connectivity index (χ0v) is 12.4.